The molecule has 1 fully saturated rings. The smallest absolute Gasteiger partial charge is 0.289 e. The van der Waals surface area contributed by atoms with Crippen molar-refractivity contribution in [3.63, 3.8) is 0 Å². The Labute approximate surface area is 144 Å². The van der Waals surface area contributed by atoms with Crippen LogP contribution in [0.4, 0.5) is 0 Å². The van der Waals surface area contributed by atoms with Gasteiger partial charge in [0, 0.05) is 32.7 Å². The quantitative estimate of drug-likeness (QED) is 0.862. The summed E-state index contributed by atoms with van der Waals surface area (Å²) in [5, 5.41) is 0. The molecular weight excluding hydrogens is 300 g/mol. The molecule has 2 heterocycles. The number of nitrogens with zero attached hydrogens (tertiary/aromatic N) is 2. The number of piperidine rings is 1. The summed E-state index contributed by atoms with van der Waals surface area (Å²) < 4.78 is 5.49. The number of aryl methyl sites for hydroxylation is 1. The van der Waals surface area contributed by atoms with Crippen LogP contribution in [0.25, 0.3) is 0 Å². The number of benzene rings is 1. The summed E-state index contributed by atoms with van der Waals surface area (Å²) in [4.78, 5) is 16.9. The van der Waals surface area contributed by atoms with Gasteiger partial charge in [-0.1, -0.05) is 37.3 Å². The molecule has 1 aromatic heterocycles. The number of likely N-dealkylation sites (tertiary alicyclic amines) is 1. The highest BCUT2D eigenvalue weighted by molar-refractivity contribution is 5.91. The molecule has 24 heavy (non-hydrogen) atoms. The van der Waals surface area contributed by atoms with E-state index in [1.54, 1.807) is 6.07 Å². The average Bonchev–Trinajstić information content (AvgIpc) is 3.01. The van der Waals surface area contributed by atoms with Crippen molar-refractivity contribution in [3.05, 3.63) is 59.5 Å². The molecule has 3 rings (SSSR count). The number of carbonyl (C=O) groups excluding carboxylic acids is 1. The van der Waals surface area contributed by atoms with Gasteiger partial charge >= 0.3 is 0 Å². The van der Waals surface area contributed by atoms with Crippen LogP contribution < -0.4 is 0 Å². The topological polar surface area (TPSA) is 36.7 Å². The maximum absolute atomic E-state index is 12.6. The fourth-order valence-corrected chi connectivity index (χ4v) is 3.65. The van der Waals surface area contributed by atoms with Gasteiger partial charge in [-0.15, -0.1) is 0 Å². The van der Waals surface area contributed by atoms with E-state index in [4.69, 9.17) is 4.42 Å². The summed E-state index contributed by atoms with van der Waals surface area (Å²) in [6.07, 6.45) is 0.996. The molecule has 1 aromatic carbocycles. The van der Waals surface area contributed by atoms with Gasteiger partial charge in [0.05, 0.1) is 0 Å². The van der Waals surface area contributed by atoms with Crippen LogP contribution in [0.2, 0.25) is 0 Å². The van der Waals surface area contributed by atoms with Gasteiger partial charge in [0.2, 0.25) is 0 Å². The van der Waals surface area contributed by atoms with Crippen molar-refractivity contribution in [2.75, 3.05) is 20.1 Å². The van der Waals surface area contributed by atoms with Gasteiger partial charge in [0.1, 0.15) is 5.76 Å². The number of hydrogen-bond acceptors (Lipinski definition) is 3. The number of carbonyl (C=O) groups is 1. The van der Waals surface area contributed by atoms with Gasteiger partial charge in [-0.3, -0.25) is 9.69 Å². The predicted octanol–water partition coefficient (Wildman–Crippen LogP) is 3.57. The minimum atomic E-state index is -0.0172. The molecule has 0 bridgehead atoms. The Hall–Kier alpha value is -2.07. The molecule has 0 unspecified atom stereocenters. The fourth-order valence-electron chi connectivity index (χ4n) is 3.65. The van der Waals surface area contributed by atoms with Crippen molar-refractivity contribution < 1.29 is 9.21 Å². The highest BCUT2D eigenvalue weighted by Gasteiger charge is 2.32. The Bertz CT molecular complexity index is 680. The SMILES string of the molecule is Cc1ccc(C(=O)N(C)[C@@H]2CCN(Cc3ccccc3)C[C@H]2C)o1. The van der Waals surface area contributed by atoms with E-state index in [0.29, 0.717) is 11.7 Å². The number of hydrogen-bond donors (Lipinski definition) is 0. The van der Waals surface area contributed by atoms with Gasteiger partial charge in [0.25, 0.3) is 5.91 Å². The summed E-state index contributed by atoms with van der Waals surface area (Å²) in [6.45, 7) is 7.10. The van der Waals surface area contributed by atoms with E-state index < -0.39 is 0 Å². The zero-order valence-electron chi connectivity index (χ0n) is 14.7. The highest BCUT2D eigenvalue weighted by Crippen LogP contribution is 2.24. The summed E-state index contributed by atoms with van der Waals surface area (Å²) >= 11 is 0. The molecule has 1 saturated heterocycles. The van der Waals surface area contributed by atoms with Crippen LogP contribution in [0, 0.1) is 12.8 Å². The summed E-state index contributed by atoms with van der Waals surface area (Å²) in [5.74, 6) is 1.63. The van der Waals surface area contributed by atoms with Crippen molar-refractivity contribution in [1.82, 2.24) is 9.80 Å². The normalized spacial score (nSPS) is 21.6. The van der Waals surface area contributed by atoms with Crippen LogP contribution in [0.5, 0.6) is 0 Å². The van der Waals surface area contributed by atoms with Gasteiger partial charge < -0.3 is 9.32 Å². The minimum Gasteiger partial charge on any atom is -0.456 e. The van der Waals surface area contributed by atoms with Crippen LogP contribution in [0.3, 0.4) is 0 Å². The first-order valence-electron chi connectivity index (χ1n) is 8.64. The lowest BCUT2D eigenvalue weighted by atomic mass is 9.92. The monoisotopic (exact) mass is 326 g/mol. The molecule has 0 aliphatic carbocycles. The Morgan fingerprint density at radius 2 is 2.00 bits per heavy atom. The van der Waals surface area contributed by atoms with Crippen LogP contribution in [0.15, 0.2) is 46.9 Å². The maximum atomic E-state index is 12.6. The van der Waals surface area contributed by atoms with Crippen LogP contribution >= 0.6 is 0 Å². The molecule has 0 N–H and O–H groups in total. The lowest BCUT2D eigenvalue weighted by molar-refractivity contribution is 0.0471. The first kappa shape index (κ1) is 16.8. The van der Waals surface area contributed by atoms with Crippen LogP contribution in [-0.2, 0) is 6.54 Å². The molecule has 1 aliphatic rings. The minimum absolute atomic E-state index is 0.0172. The molecule has 128 valence electrons. The molecular formula is C20H26N2O2. The molecule has 4 heteroatoms. The van der Waals surface area contributed by atoms with E-state index in [9.17, 15) is 4.79 Å². The van der Waals surface area contributed by atoms with E-state index in [2.05, 4.69) is 42.2 Å². The molecule has 4 nitrogen and oxygen atoms in total. The number of furan rings is 1. The van der Waals surface area contributed by atoms with Gasteiger partial charge in [-0.05, 0) is 37.0 Å². The lowest BCUT2D eigenvalue weighted by Crippen LogP contribution is -2.50. The van der Waals surface area contributed by atoms with E-state index in [1.165, 1.54) is 5.56 Å². The first-order chi connectivity index (χ1) is 11.5. The first-order valence-corrected chi connectivity index (χ1v) is 8.64. The van der Waals surface area contributed by atoms with Crippen molar-refractivity contribution in [2.45, 2.75) is 32.9 Å². The largest absolute Gasteiger partial charge is 0.456 e. The maximum Gasteiger partial charge on any atom is 0.289 e. The molecule has 0 spiro atoms. The van der Waals surface area contributed by atoms with E-state index in [-0.39, 0.29) is 11.9 Å². The van der Waals surface area contributed by atoms with E-state index >= 15 is 0 Å². The second-order valence-corrected chi connectivity index (χ2v) is 6.88. The van der Waals surface area contributed by atoms with Gasteiger partial charge in [-0.2, -0.15) is 0 Å². The average molecular weight is 326 g/mol. The Morgan fingerprint density at radius 3 is 2.62 bits per heavy atom. The third-order valence-corrected chi connectivity index (χ3v) is 4.96. The predicted molar refractivity (Wildman–Crippen MR) is 94.8 cm³/mol. The Balaban J connectivity index is 1.60. The Morgan fingerprint density at radius 1 is 1.25 bits per heavy atom. The van der Waals surface area contributed by atoms with Crippen molar-refractivity contribution in [2.24, 2.45) is 5.92 Å². The second kappa shape index (κ2) is 7.22. The van der Waals surface area contributed by atoms with Crippen LogP contribution in [0.1, 0.15) is 35.2 Å². The van der Waals surface area contributed by atoms with E-state index in [0.717, 1.165) is 31.8 Å². The summed E-state index contributed by atoms with van der Waals surface area (Å²) in [7, 11) is 1.90. The molecule has 0 saturated carbocycles. The summed E-state index contributed by atoms with van der Waals surface area (Å²) in [5.41, 5.74) is 1.35. The zero-order valence-corrected chi connectivity index (χ0v) is 14.7. The van der Waals surface area contributed by atoms with Crippen molar-refractivity contribution in [1.29, 1.82) is 0 Å². The molecule has 1 aliphatic heterocycles. The zero-order chi connectivity index (χ0) is 17.1. The number of amides is 1. The standard InChI is InChI=1S/C20H26N2O2/c1-15-13-22(14-17-7-5-4-6-8-17)12-11-18(15)21(3)20(23)19-10-9-16(2)24-19/h4-10,15,18H,11-14H2,1-3H3/t15-,18-/m1/s1. The van der Waals surface area contributed by atoms with Gasteiger partial charge in [-0.25, -0.2) is 0 Å². The molecule has 2 atom stereocenters. The molecule has 1 amide bonds. The van der Waals surface area contributed by atoms with Gasteiger partial charge in [0.15, 0.2) is 5.76 Å². The summed E-state index contributed by atoms with van der Waals surface area (Å²) in [6, 6.07) is 14.4. The number of rotatable bonds is 4. The fraction of sp³-hybridized carbons (Fsp3) is 0.450. The highest BCUT2D eigenvalue weighted by atomic mass is 16.3. The third kappa shape index (κ3) is 3.70. The third-order valence-electron chi connectivity index (χ3n) is 4.96. The second-order valence-electron chi connectivity index (χ2n) is 6.88. The van der Waals surface area contributed by atoms with Crippen molar-refractivity contribution in [3.8, 4) is 0 Å². The molecule has 0 radical (unpaired) electrons. The van der Waals surface area contributed by atoms with Crippen molar-refractivity contribution >= 4 is 5.91 Å². The van der Waals surface area contributed by atoms with E-state index in [1.807, 2.05) is 24.9 Å². The molecule has 2 aromatic rings. The van der Waals surface area contributed by atoms with Crippen LogP contribution in [-0.4, -0.2) is 41.9 Å². The Kier molecular flexibility index (Phi) is 5.05. The lowest BCUT2D eigenvalue weighted by Gasteiger charge is -2.41.